The van der Waals surface area contributed by atoms with Crippen LogP contribution in [0.4, 0.5) is 0 Å². The average molecular weight is 339 g/mol. The van der Waals surface area contributed by atoms with E-state index in [1.54, 1.807) is 7.11 Å². The van der Waals surface area contributed by atoms with Crippen molar-refractivity contribution in [3.63, 3.8) is 0 Å². The fourth-order valence-electron chi connectivity index (χ4n) is 2.97. The van der Waals surface area contributed by atoms with Crippen LogP contribution in [0.1, 0.15) is 42.3 Å². The number of hydrogen-bond acceptors (Lipinski definition) is 3. The zero-order valence-electron chi connectivity index (χ0n) is 15.3. The van der Waals surface area contributed by atoms with E-state index in [9.17, 15) is 4.79 Å². The van der Waals surface area contributed by atoms with Crippen LogP contribution in [-0.2, 0) is 11.8 Å². The summed E-state index contributed by atoms with van der Waals surface area (Å²) in [7, 11) is 1.65. The second-order valence-electron chi connectivity index (χ2n) is 7.46. The van der Waals surface area contributed by atoms with Gasteiger partial charge in [-0.3, -0.25) is 4.79 Å². The molecule has 2 aromatic carbocycles. The Kier molecular flexibility index (Phi) is 4.71. The van der Waals surface area contributed by atoms with Gasteiger partial charge < -0.3 is 14.8 Å². The maximum atomic E-state index is 12.3. The molecule has 1 atom stereocenters. The van der Waals surface area contributed by atoms with Gasteiger partial charge in [-0.15, -0.1) is 0 Å². The fourth-order valence-corrected chi connectivity index (χ4v) is 2.97. The number of rotatable bonds is 4. The SMILES string of the molecule is COc1ccc2c(c1)C[C@H](CNC(=O)c1ccc(C(C)(C)C)cc1)O2. The van der Waals surface area contributed by atoms with Gasteiger partial charge in [-0.2, -0.15) is 0 Å². The summed E-state index contributed by atoms with van der Waals surface area (Å²) in [6.07, 6.45) is 0.732. The number of carbonyl (C=O) groups is 1. The second kappa shape index (κ2) is 6.79. The Morgan fingerprint density at radius 3 is 2.56 bits per heavy atom. The molecular formula is C21H25NO3. The summed E-state index contributed by atoms with van der Waals surface area (Å²) in [5, 5.41) is 2.97. The Morgan fingerprint density at radius 1 is 1.20 bits per heavy atom. The Labute approximate surface area is 149 Å². The summed E-state index contributed by atoms with van der Waals surface area (Å²) >= 11 is 0. The van der Waals surface area contributed by atoms with Gasteiger partial charge in [0.1, 0.15) is 17.6 Å². The summed E-state index contributed by atoms with van der Waals surface area (Å²) in [4.78, 5) is 12.3. The van der Waals surface area contributed by atoms with Crippen molar-refractivity contribution in [1.29, 1.82) is 0 Å². The van der Waals surface area contributed by atoms with E-state index in [2.05, 4.69) is 26.1 Å². The zero-order chi connectivity index (χ0) is 18.0. The molecular weight excluding hydrogens is 314 g/mol. The highest BCUT2D eigenvalue weighted by Crippen LogP contribution is 2.31. The minimum atomic E-state index is -0.0717. The van der Waals surface area contributed by atoms with Crippen LogP contribution in [0.2, 0.25) is 0 Å². The van der Waals surface area contributed by atoms with Crippen molar-refractivity contribution in [3.05, 3.63) is 59.2 Å². The van der Waals surface area contributed by atoms with Gasteiger partial charge >= 0.3 is 0 Å². The second-order valence-corrected chi connectivity index (χ2v) is 7.46. The molecule has 3 rings (SSSR count). The van der Waals surface area contributed by atoms with Crippen LogP contribution < -0.4 is 14.8 Å². The first-order valence-electron chi connectivity index (χ1n) is 8.59. The molecule has 0 radical (unpaired) electrons. The molecule has 132 valence electrons. The van der Waals surface area contributed by atoms with Gasteiger partial charge in [-0.25, -0.2) is 0 Å². The average Bonchev–Trinajstić information content (AvgIpc) is 3.00. The van der Waals surface area contributed by atoms with E-state index in [1.165, 1.54) is 5.56 Å². The fraction of sp³-hybridized carbons (Fsp3) is 0.381. The number of benzene rings is 2. The van der Waals surface area contributed by atoms with E-state index in [-0.39, 0.29) is 17.4 Å². The largest absolute Gasteiger partial charge is 0.497 e. The van der Waals surface area contributed by atoms with Crippen LogP contribution in [-0.4, -0.2) is 25.7 Å². The van der Waals surface area contributed by atoms with E-state index < -0.39 is 0 Å². The smallest absolute Gasteiger partial charge is 0.251 e. The van der Waals surface area contributed by atoms with Gasteiger partial charge in [0.15, 0.2) is 0 Å². The number of carbonyl (C=O) groups excluding carboxylic acids is 1. The summed E-state index contributed by atoms with van der Waals surface area (Å²) < 4.78 is 11.1. The monoisotopic (exact) mass is 339 g/mol. The number of nitrogens with one attached hydrogen (secondary N) is 1. The molecule has 0 fully saturated rings. The molecule has 0 unspecified atom stereocenters. The number of ether oxygens (including phenoxy) is 2. The number of amides is 1. The van der Waals surface area contributed by atoms with Crippen LogP contribution >= 0.6 is 0 Å². The molecule has 0 saturated carbocycles. The van der Waals surface area contributed by atoms with E-state index in [4.69, 9.17) is 9.47 Å². The van der Waals surface area contributed by atoms with Crippen LogP contribution in [0.5, 0.6) is 11.5 Å². The van der Waals surface area contributed by atoms with Crippen LogP contribution in [0.15, 0.2) is 42.5 Å². The molecule has 0 aliphatic carbocycles. The number of methoxy groups -OCH3 is 1. The zero-order valence-corrected chi connectivity index (χ0v) is 15.3. The summed E-state index contributed by atoms with van der Waals surface area (Å²) in [6, 6.07) is 13.6. The topological polar surface area (TPSA) is 47.6 Å². The molecule has 0 bridgehead atoms. The first-order valence-corrected chi connectivity index (χ1v) is 8.59. The molecule has 0 saturated heterocycles. The van der Waals surface area contributed by atoms with Crippen LogP contribution in [0.3, 0.4) is 0 Å². The van der Waals surface area contributed by atoms with Gasteiger partial charge in [-0.05, 0) is 41.3 Å². The summed E-state index contributed by atoms with van der Waals surface area (Å²) in [5.41, 5.74) is 3.09. The van der Waals surface area contributed by atoms with Gasteiger partial charge in [0.05, 0.1) is 13.7 Å². The molecule has 1 aliphatic rings. The Bertz CT molecular complexity index is 760. The lowest BCUT2D eigenvalue weighted by molar-refractivity contribution is 0.0933. The van der Waals surface area contributed by atoms with Crippen molar-refractivity contribution in [2.24, 2.45) is 0 Å². The first kappa shape index (κ1) is 17.3. The van der Waals surface area contributed by atoms with Gasteiger partial charge in [0.2, 0.25) is 0 Å². The molecule has 1 amide bonds. The van der Waals surface area contributed by atoms with E-state index in [0.29, 0.717) is 12.1 Å². The Morgan fingerprint density at radius 2 is 1.92 bits per heavy atom. The highest BCUT2D eigenvalue weighted by Gasteiger charge is 2.24. The Balaban J connectivity index is 1.56. The lowest BCUT2D eigenvalue weighted by atomic mass is 9.87. The third-order valence-electron chi connectivity index (χ3n) is 4.51. The minimum absolute atomic E-state index is 0.0418. The van der Waals surface area contributed by atoms with Crippen molar-refractivity contribution in [2.75, 3.05) is 13.7 Å². The molecule has 1 N–H and O–H groups in total. The maximum absolute atomic E-state index is 12.3. The third-order valence-corrected chi connectivity index (χ3v) is 4.51. The van der Waals surface area contributed by atoms with Crippen LogP contribution in [0.25, 0.3) is 0 Å². The molecule has 1 aliphatic heterocycles. The summed E-state index contributed by atoms with van der Waals surface area (Å²) in [5.74, 6) is 1.62. The van der Waals surface area contributed by atoms with Crippen LogP contribution in [0, 0.1) is 0 Å². The van der Waals surface area contributed by atoms with E-state index >= 15 is 0 Å². The maximum Gasteiger partial charge on any atom is 0.251 e. The molecule has 25 heavy (non-hydrogen) atoms. The van der Waals surface area contributed by atoms with Crippen molar-refractivity contribution in [2.45, 2.75) is 38.7 Å². The highest BCUT2D eigenvalue weighted by molar-refractivity contribution is 5.94. The molecule has 4 heteroatoms. The molecule has 4 nitrogen and oxygen atoms in total. The highest BCUT2D eigenvalue weighted by atomic mass is 16.5. The van der Waals surface area contributed by atoms with Crippen molar-refractivity contribution in [3.8, 4) is 11.5 Å². The number of hydrogen-bond donors (Lipinski definition) is 1. The first-order chi connectivity index (χ1) is 11.9. The normalized spacial score (nSPS) is 16.1. The predicted octanol–water partition coefficient (Wildman–Crippen LogP) is 3.73. The molecule has 1 heterocycles. The van der Waals surface area contributed by atoms with Crippen molar-refractivity contribution < 1.29 is 14.3 Å². The van der Waals surface area contributed by atoms with E-state index in [0.717, 1.165) is 23.5 Å². The lowest BCUT2D eigenvalue weighted by Crippen LogP contribution is -2.34. The molecule has 2 aromatic rings. The quantitative estimate of drug-likeness (QED) is 0.923. The lowest BCUT2D eigenvalue weighted by Gasteiger charge is -2.19. The number of fused-ring (bicyclic) bond motifs is 1. The van der Waals surface area contributed by atoms with Crippen molar-refractivity contribution in [1.82, 2.24) is 5.32 Å². The van der Waals surface area contributed by atoms with Crippen molar-refractivity contribution >= 4 is 5.91 Å². The van der Waals surface area contributed by atoms with E-state index in [1.807, 2.05) is 42.5 Å². The predicted molar refractivity (Wildman–Crippen MR) is 98.6 cm³/mol. The third kappa shape index (κ3) is 3.95. The Hall–Kier alpha value is -2.49. The molecule has 0 spiro atoms. The standard InChI is InChI=1S/C21H25NO3/c1-21(2,3)16-7-5-14(6-8-16)20(23)22-13-18-12-15-11-17(24-4)9-10-19(15)25-18/h5-11,18H,12-13H2,1-4H3,(H,22,23)/t18-/m1/s1. The van der Waals surface area contributed by atoms with Gasteiger partial charge in [-0.1, -0.05) is 32.9 Å². The minimum Gasteiger partial charge on any atom is -0.497 e. The van der Waals surface area contributed by atoms with Gasteiger partial charge in [0, 0.05) is 17.5 Å². The summed E-state index contributed by atoms with van der Waals surface area (Å²) in [6.45, 7) is 6.96. The van der Waals surface area contributed by atoms with Gasteiger partial charge in [0.25, 0.3) is 5.91 Å². The molecule has 0 aromatic heterocycles.